The predicted octanol–water partition coefficient (Wildman–Crippen LogP) is 12.3. The molecule has 0 saturated heterocycles. The summed E-state index contributed by atoms with van der Waals surface area (Å²) in [4.78, 5) is 35.0. The summed E-state index contributed by atoms with van der Waals surface area (Å²) in [5, 5.41) is 19.4. The molecule has 7 nitrogen and oxygen atoms in total. The fourth-order valence-electron chi connectivity index (χ4n) is 8.53. The second-order valence-electron chi connectivity index (χ2n) is 15.8. The minimum Gasteiger partial charge on any atom is -0.478 e. The van der Waals surface area contributed by atoms with E-state index in [1.165, 1.54) is 179 Å². The first-order valence-electron chi connectivity index (χ1n) is 21.6. The van der Waals surface area contributed by atoms with Crippen LogP contribution in [0.4, 0.5) is 0 Å². The number of carbonyl (C=O) groups excluding carboxylic acids is 1. The van der Waals surface area contributed by atoms with Crippen molar-refractivity contribution in [1.29, 1.82) is 0 Å². The molecule has 0 heterocycles. The van der Waals surface area contributed by atoms with Gasteiger partial charge in [-0.15, -0.1) is 0 Å². The molecule has 0 aromatic carbocycles. The molecule has 3 aliphatic rings. The first kappa shape index (κ1) is 45.7. The Morgan fingerprint density at radius 2 is 0.942 bits per heavy atom. The summed E-state index contributed by atoms with van der Waals surface area (Å²) in [6.45, 7) is 7.92. The smallest absolute Gasteiger partial charge is 0.333 e. The number of carboxylic acid groups (broad SMARTS) is 2. The van der Waals surface area contributed by atoms with Crippen LogP contribution in [0.5, 0.6) is 0 Å². The molecule has 3 saturated carbocycles. The molecule has 0 bridgehead atoms. The van der Waals surface area contributed by atoms with Crippen LogP contribution in [0.15, 0.2) is 34.9 Å². The molecule has 0 radical (unpaired) electrons. The van der Waals surface area contributed by atoms with Crippen LogP contribution in [0, 0.1) is 17.8 Å². The summed E-state index contributed by atoms with van der Waals surface area (Å²) < 4.78 is 9.86. The largest absolute Gasteiger partial charge is 0.478 e. The van der Waals surface area contributed by atoms with Gasteiger partial charge in [-0.2, -0.15) is 0 Å². The number of allylic oxidation sites excluding steroid dienone is 2. The number of esters is 1. The monoisotopic (exact) mass is 729 g/mol. The van der Waals surface area contributed by atoms with Crippen LogP contribution in [0.2, 0.25) is 0 Å². The lowest BCUT2D eigenvalue weighted by Gasteiger charge is -2.34. The number of hydrogen-bond acceptors (Lipinski definition) is 5. The number of ether oxygens (including phenoxy) is 2. The van der Waals surface area contributed by atoms with Gasteiger partial charge in [-0.25, -0.2) is 14.4 Å². The van der Waals surface area contributed by atoms with Gasteiger partial charge in [-0.05, 0) is 76.5 Å². The van der Waals surface area contributed by atoms with E-state index in [4.69, 9.17) is 14.6 Å². The van der Waals surface area contributed by atoms with Crippen molar-refractivity contribution in [3.63, 3.8) is 0 Å². The molecular weight excluding hydrogens is 652 g/mol. The Kier molecular flexibility index (Phi) is 25.5. The first-order valence-corrected chi connectivity index (χ1v) is 21.6. The summed E-state index contributed by atoms with van der Waals surface area (Å²) in [6.07, 6.45) is 36.8. The lowest BCUT2D eigenvalue weighted by atomic mass is 9.71. The highest BCUT2D eigenvalue weighted by Crippen LogP contribution is 2.42. The first-order chi connectivity index (χ1) is 25.3. The maximum atomic E-state index is 13.2. The van der Waals surface area contributed by atoms with Crippen LogP contribution in [-0.4, -0.2) is 47.9 Å². The quantitative estimate of drug-likeness (QED) is 0.117. The van der Waals surface area contributed by atoms with Crippen LogP contribution >= 0.6 is 0 Å². The molecule has 0 aromatic rings. The molecule has 3 fully saturated rings. The van der Waals surface area contributed by atoms with Crippen molar-refractivity contribution in [3.05, 3.63) is 34.9 Å². The van der Waals surface area contributed by atoms with Gasteiger partial charge in [0.05, 0.1) is 6.61 Å². The fraction of sp³-hybridized carbons (Fsp3) is 0.800. The average Bonchev–Trinajstić information content (AvgIpc) is 3.14. The molecule has 7 heteroatoms. The number of hydrogen-bond donors (Lipinski definition) is 2. The van der Waals surface area contributed by atoms with E-state index in [1.54, 1.807) is 0 Å². The van der Waals surface area contributed by atoms with Crippen LogP contribution in [0.1, 0.15) is 194 Å². The van der Waals surface area contributed by atoms with Gasteiger partial charge in [0, 0.05) is 23.3 Å². The zero-order chi connectivity index (χ0) is 37.8. The van der Waals surface area contributed by atoms with E-state index < -0.39 is 17.9 Å². The van der Waals surface area contributed by atoms with Crippen molar-refractivity contribution in [2.75, 3.05) is 19.8 Å². The molecule has 0 amide bonds. The number of carbonyl (C=O) groups is 3. The van der Waals surface area contributed by atoms with E-state index in [0.717, 1.165) is 18.4 Å². The Hall–Kier alpha value is -2.41. The van der Waals surface area contributed by atoms with Gasteiger partial charge in [0.1, 0.15) is 6.61 Å². The summed E-state index contributed by atoms with van der Waals surface area (Å²) in [5.74, 6) is -0.727. The summed E-state index contributed by atoms with van der Waals surface area (Å²) in [6, 6.07) is 0. The highest BCUT2D eigenvalue weighted by atomic mass is 16.6. The molecule has 298 valence electrons. The predicted molar refractivity (Wildman–Crippen MR) is 212 cm³/mol. The molecule has 0 spiro atoms. The minimum atomic E-state index is -1.01. The van der Waals surface area contributed by atoms with Gasteiger partial charge >= 0.3 is 17.9 Å². The lowest BCUT2D eigenvalue weighted by Crippen LogP contribution is -2.25. The van der Waals surface area contributed by atoms with E-state index in [-0.39, 0.29) is 24.2 Å². The number of aliphatic carboxylic acids is 2. The van der Waals surface area contributed by atoms with Gasteiger partial charge in [0.25, 0.3) is 0 Å². The van der Waals surface area contributed by atoms with E-state index in [9.17, 15) is 19.5 Å². The Labute approximate surface area is 317 Å². The summed E-state index contributed by atoms with van der Waals surface area (Å²) in [7, 11) is 0. The van der Waals surface area contributed by atoms with Crippen LogP contribution < -0.4 is 0 Å². The second kappa shape index (κ2) is 29.0. The average molecular weight is 729 g/mol. The van der Waals surface area contributed by atoms with Crippen molar-refractivity contribution in [3.8, 4) is 0 Å². The molecule has 3 rings (SSSR count). The third-order valence-corrected chi connectivity index (χ3v) is 11.6. The molecule has 0 aromatic heterocycles. The Morgan fingerprint density at radius 1 is 0.577 bits per heavy atom. The van der Waals surface area contributed by atoms with Gasteiger partial charge in [-0.3, -0.25) is 0 Å². The molecule has 52 heavy (non-hydrogen) atoms. The molecule has 2 N–H and O–H groups in total. The van der Waals surface area contributed by atoms with Crippen LogP contribution in [0.3, 0.4) is 0 Å². The fourth-order valence-corrected chi connectivity index (χ4v) is 8.53. The maximum Gasteiger partial charge on any atom is 0.333 e. The molecule has 3 aliphatic carbocycles. The topological polar surface area (TPSA) is 110 Å². The minimum absolute atomic E-state index is 0.172. The maximum absolute atomic E-state index is 13.2. The van der Waals surface area contributed by atoms with Crippen molar-refractivity contribution in [2.24, 2.45) is 17.8 Å². The van der Waals surface area contributed by atoms with Gasteiger partial charge < -0.3 is 19.7 Å². The Bertz CT molecular complexity index is 1030. The molecule has 0 atom stereocenters. The van der Waals surface area contributed by atoms with Gasteiger partial charge in [0.15, 0.2) is 0 Å². The molecule has 0 unspecified atom stereocenters. The summed E-state index contributed by atoms with van der Waals surface area (Å²) in [5.41, 5.74) is 2.82. The van der Waals surface area contributed by atoms with E-state index in [2.05, 4.69) is 6.58 Å². The van der Waals surface area contributed by atoms with Crippen molar-refractivity contribution >= 4 is 17.9 Å². The molecule has 0 aliphatic heterocycles. The standard InChI is InChI=1S/C33H58O2.C12H18O5/c34-33(35)32(30-26-20-14-8-3-9-15-21-27-30)31(28-22-16-10-4-1-5-11-17-23-28)29-24-18-12-6-2-7-13-19-25-29;1-4-16-7-8-17-12(15)10(3)6-5-9(2)11(13)14/h28-30H,1-27H2,(H,34,35);5H,3-4,6-8H2,1-2H3,(H,13,14). The highest BCUT2D eigenvalue weighted by Gasteiger charge is 2.32. The second-order valence-corrected chi connectivity index (χ2v) is 15.8. The van der Waals surface area contributed by atoms with Gasteiger partial charge in [-0.1, -0.05) is 153 Å². The third kappa shape index (κ3) is 19.6. The van der Waals surface area contributed by atoms with E-state index in [0.29, 0.717) is 31.0 Å². The lowest BCUT2D eigenvalue weighted by molar-refractivity contribution is -0.140. The van der Waals surface area contributed by atoms with Crippen LogP contribution in [0.25, 0.3) is 0 Å². The Balaban J connectivity index is 0.000000465. The number of rotatable bonds is 12. The van der Waals surface area contributed by atoms with E-state index in [1.807, 2.05) is 6.92 Å². The van der Waals surface area contributed by atoms with Crippen molar-refractivity contribution < 1.29 is 34.1 Å². The van der Waals surface area contributed by atoms with Crippen LogP contribution in [-0.2, 0) is 23.9 Å². The third-order valence-electron chi connectivity index (χ3n) is 11.6. The normalized spacial score (nSPS) is 20.3. The molecular formula is C45H76O7. The SMILES string of the molecule is C=C(CC=C(C)C(=O)O)C(=O)OCCOCC.O=C(O)C(=C(C1CCCCCCCCC1)C1CCCCCCCCC1)C1CCCCCCCCC1. The zero-order valence-corrected chi connectivity index (χ0v) is 33.4. The van der Waals surface area contributed by atoms with Crippen molar-refractivity contribution in [2.45, 2.75) is 194 Å². The van der Waals surface area contributed by atoms with E-state index >= 15 is 0 Å². The van der Waals surface area contributed by atoms with Crippen molar-refractivity contribution in [1.82, 2.24) is 0 Å². The van der Waals surface area contributed by atoms with Gasteiger partial charge in [0.2, 0.25) is 0 Å². The zero-order valence-electron chi connectivity index (χ0n) is 33.4. The number of carboxylic acids is 2. The Morgan fingerprint density at radius 3 is 1.29 bits per heavy atom. The summed E-state index contributed by atoms with van der Waals surface area (Å²) >= 11 is 0. The highest BCUT2D eigenvalue weighted by molar-refractivity contribution is 5.89.